The van der Waals surface area contributed by atoms with Gasteiger partial charge in [0.2, 0.25) is 0 Å². The molecule has 2 N–H and O–H groups in total. The van der Waals surface area contributed by atoms with Gasteiger partial charge in [0, 0.05) is 27.6 Å². The molecule has 0 bridgehead atoms. The van der Waals surface area contributed by atoms with Crippen LogP contribution in [0.25, 0.3) is 38.7 Å². The lowest BCUT2D eigenvalue weighted by molar-refractivity contribution is 0.123. The maximum absolute atomic E-state index is 11.7. The summed E-state index contributed by atoms with van der Waals surface area (Å²) in [6, 6.07) is 13.9. The maximum Gasteiger partial charge on any atom is 0.147 e. The fraction of sp³-hybridized carbons (Fsp3) is 0.321. The molecule has 0 saturated carbocycles. The van der Waals surface area contributed by atoms with E-state index in [1.807, 2.05) is 47.0 Å². The van der Waals surface area contributed by atoms with Crippen LogP contribution in [0.5, 0.6) is 11.5 Å². The van der Waals surface area contributed by atoms with Crippen molar-refractivity contribution in [1.29, 1.82) is 0 Å². The SMILES string of the molecule is CC1(C)c2c(c(O)c3c(ncn3-c3ccc4oc5ccccc5c4c3)c2O)C(C)(C)C1(C)C. The first-order chi connectivity index (χ1) is 15.5. The Labute approximate surface area is 192 Å². The second-order valence-electron chi connectivity index (χ2n) is 10.9. The van der Waals surface area contributed by atoms with E-state index in [1.54, 1.807) is 6.33 Å². The molecule has 2 heterocycles. The molecule has 5 heteroatoms. The van der Waals surface area contributed by atoms with E-state index in [0.717, 1.165) is 38.8 Å². The summed E-state index contributed by atoms with van der Waals surface area (Å²) >= 11 is 0. The van der Waals surface area contributed by atoms with Crippen molar-refractivity contribution in [2.24, 2.45) is 5.41 Å². The van der Waals surface area contributed by atoms with Crippen LogP contribution in [0.15, 0.2) is 53.2 Å². The summed E-state index contributed by atoms with van der Waals surface area (Å²) in [6.07, 6.45) is 1.67. The maximum atomic E-state index is 11.7. The van der Waals surface area contributed by atoms with Crippen molar-refractivity contribution in [2.45, 2.75) is 52.4 Å². The average Bonchev–Trinajstić information content (AvgIpc) is 3.39. The van der Waals surface area contributed by atoms with Gasteiger partial charge in [-0.1, -0.05) is 59.7 Å². The number of furan rings is 1. The molecule has 5 aromatic rings. The molecule has 0 fully saturated rings. The molecule has 0 atom stereocenters. The number of aromatic nitrogens is 2. The summed E-state index contributed by atoms with van der Waals surface area (Å²) in [7, 11) is 0. The van der Waals surface area contributed by atoms with Gasteiger partial charge in [-0.2, -0.15) is 0 Å². The van der Waals surface area contributed by atoms with Crippen LogP contribution in [0.2, 0.25) is 0 Å². The molecule has 0 saturated heterocycles. The van der Waals surface area contributed by atoms with E-state index in [-0.39, 0.29) is 27.7 Å². The van der Waals surface area contributed by atoms with Gasteiger partial charge >= 0.3 is 0 Å². The molecule has 168 valence electrons. The number of nitrogens with zero attached hydrogens (tertiary/aromatic N) is 2. The molecule has 6 rings (SSSR count). The first-order valence-corrected chi connectivity index (χ1v) is 11.4. The molecular formula is C28H28N2O3. The van der Waals surface area contributed by atoms with Gasteiger partial charge in [0.25, 0.3) is 0 Å². The largest absolute Gasteiger partial charge is 0.505 e. The number of benzene rings is 3. The molecule has 33 heavy (non-hydrogen) atoms. The summed E-state index contributed by atoms with van der Waals surface area (Å²) in [6.45, 7) is 13.0. The summed E-state index contributed by atoms with van der Waals surface area (Å²) < 4.78 is 7.84. The minimum atomic E-state index is -0.360. The van der Waals surface area contributed by atoms with Crippen molar-refractivity contribution >= 4 is 33.0 Å². The number of hydrogen-bond donors (Lipinski definition) is 2. The molecule has 2 aromatic heterocycles. The highest BCUT2D eigenvalue weighted by atomic mass is 16.3. The standard InChI is InChI=1S/C28H28N2O3/c1-26(2)20-21(27(3,4)28(26,5)6)25(32)23-22(24(20)31)29-14-30(23)15-11-12-19-17(13-15)16-9-7-8-10-18(16)33-19/h7-14,31-32H,1-6H3. The number of hydrogen-bond acceptors (Lipinski definition) is 4. The van der Waals surface area contributed by atoms with E-state index in [4.69, 9.17) is 4.42 Å². The van der Waals surface area contributed by atoms with Crippen LogP contribution in [0.4, 0.5) is 0 Å². The van der Waals surface area contributed by atoms with E-state index >= 15 is 0 Å². The van der Waals surface area contributed by atoms with Gasteiger partial charge in [-0.3, -0.25) is 4.57 Å². The monoisotopic (exact) mass is 440 g/mol. The molecule has 0 radical (unpaired) electrons. The lowest BCUT2D eigenvalue weighted by Crippen LogP contribution is -2.42. The van der Waals surface area contributed by atoms with Crippen LogP contribution in [0, 0.1) is 5.41 Å². The zero-order valence-corrected chi connectivity index (χ0v) is 19.8. The van der Waals surface area contributed by atoms with Crippen molar-refractivity contribution in [2.75, 3.05) is 0 Å². The van der Waals surface area contributed by atoms with Crippen molar-refractivity contribution in [3.63, 3.8) is 0 Å². The van der Waals surface area contributed by atoms with Crippen LogP contribution >= 0.6 is 0 Å². The van der Waals surface area contributed by atoms with E-state index in [0.29, 0.717) is 11.0 Å². The molecular weight excluding hydrogens is 412 g/mol. The van der Waals surface area contributed by atoms with Gasteiger partial charge < -0.3 is 14.6 Å². The van der Waals surface area contributed by atoms with Gasteiger partial charge in [-0.15, -0.1) is 0 Å². The minimum Gasteiger partial charge on any atom is -0.505 e. The summed E-state index contributed by atoms with van der Waals surface area (Å²) in [5.41, 5.74) is 4.14. The van der Waals surface area contributed by atoms with Crippen LogP contribution < -0.4 is 0 Å². The predicted molar refractivity (Wildman–Crippen MR) is 132 cm³/mol. The first kappa shape index (κ1) is 20.2. The molecule has 5 nitrogen and oxygen atoms in total. The van der Waals surface area contributed by atoms with E-state index < -0.39 is 0 Å². The fourth-order valence-electron chi connectivity index (χ4n) is 5.90. The van der Waals surface area contributed by atoms with E-state index in [1.165, 1.54) is 0 Å². The normalized spacial score (nSPS) is 18.4. The Morgan fingerprint density at radius 1 is 0.788 bits per heavy atom. The number of rotatable bonds is 1. The Kier molecular flexibility index (Phi) is 3.61. The average molecular weight is 441 g/mol. The summed E-state index contributed by atoms with van der Waals surface area (Å²) in [4.78, 5) is 4.55. The number of phenolic OH excluding ortho intramolecular Hbond substituents is 2. The molecule has 3 aromatic carbocycles. The van der Waals surface area contributed by atoms with Crippen LogP contribution in [0.3, 0.4) is 0 Å². The van der Waals surface area contributed by atoms with Gasteiger partial charge in [0.05, 0.1) is 0 Å². The third kappa shape index (κ3) is 2.20. The van der Waals surface area contributed by atoms with Crippen molar-refractivity contribution < 1.29 is 14.6 Å². The predicted octanol–water partition coefficient (Wildman–Crippen LogP) is 6.93. The number of aromatic hydroxyl groups is 2. The number of para-hydroxylation sites is 1. The van der Waals surface area contributed by atoms with Crippen molar-refractivity contribution in [3.8, 4) is 17.2 Å². The fourth-order valence-corrected chi connectivity index (χ4v) is 5.90. The van der Waals surface area contributed by atoms with Crippen LogP contribution in [-0.4, -0.2) is 19.8 Å². The first-order valence-electron chi connectivity index (χ1n) is 11.4. The Morgan fingerprint density at radius 2 is 1.42 bits per heavy atom. The molecule has 1 aliphatic carbocycles. The zero-order valence-electron chi connectivity index (χ0n) is 19.8. The smallest absolute Gasteiger partial charge is 0.147 e. The highest BCUT2D eigenvalue weighted by Gasteiger charge is 2.60. The number of phenols is 2. The van der Waals surface area contributed by atoms with E-state index in [9.17, 15) is 10.2 Å². The Balaban J connectivity index is 1.68. The number of fused-ring (bicyclic) bond motifs is 5. The lowest BCUT2D eigenvalue weighted by atomic mass is 9.59. The Morgan fingerprint density at radius 3 is 2.15 bits per heavy atom. The Bertz CT molecular complexity index is 1620. The second-order valence-corrected chi connectivity index (χ2v) is 10.9. The van der Waals surface area contributed by atoms with Gasteiger partial charge in [-0.25, -0.2) is 4.98 Å². The van der Waals surface area contributed by atoms with Crippen molar-refractivity contribution in [3.05, 3.63) is 59.9 Å². The summed E-state index contributed by atoms with van der Waals surface area (Å²) in [5.74, 6) is 0.353. The molecule has 0 unspecified atom stereocenters. The second kappa shape index (κ2) is 5.90. The molecule has 0 aliphatic heterocycles. The molecule has 1 aliphatic rings. The topological polar surface area (TPSA) is 71.4 Å². The van der Waals surface area contributed by atoms with E-state index in [2.05, 4.69) is 46.5 Å². The third-order valence-electron chi connectivity index (χ3n) is 8.95. The minimum absolute atomic E-state index is 0.162. The molecule has 0 spiro atoms. The van der Waals surface area contributed by atoms with Crippen molar-refractivity contribution in [1.82, 2.24) is 9.55 Å². The zero-order chi connectivity index (χ0) is 23.5. The van der Waals surface area contributed by atoms with Crippen LogP contribution in [0.1, 0.15) is 52.7 Å². The quantitative estimate of drug-likeness (QED) is 0.277. The third-order valence-corrected chi connectivity index (χ3v) is 8.95. The van der Waals surface area contributed by atoms with Gasteiger partial charge in [0.1, 0.15) is 40.0 Å². The number of imidazole rings is 1. The highest BCUT2D eigenvalue weighted by Crippen LogP contribution is 2.66. The Hall–Kier alpha value is -3.47. The molecule has 0 amide bonds. The summed E-state index contributed by atoms with van der Waals surface area (Å²) in [5, 5.41) is 25.1. The highest BCUT2D eigenvalue weighted by molar-refractivity contribution is 6.05. The van der Waals surface area contributed by atoms with Crippen LogP contribution in [-0.2, 0) is 10.8 Å². The van der Waals surface area contributed by atoms with Gasteiger partial charge in [0.15, 0.2) is 0 Å². The van der Waals surface area contributed by atoms with Gasteiger partial charge in [-0.05, 0) is 40.5 Å². The lowest BCUT2D eigenvalue weighted by Gasteiger charge is -2.44.